The minimum atomic E-state index is -3.69. The van der Waals surface area contributed by atoms with Gasteiger partial charge in [-0.15, -0.1) is 11.3 Å². The third-order valence-corrected chi connectivity index (χ3v) is 6.54. The van der Waals surface area contributed by atoms with Crippen molar-refractivity contribution in [3.63, 3.8) is 0 Å². The Kier molecular flexibility index (Phi) is 3.88. The molecule has 0 saturated heterocycles. The van der Waals surface area contributed by atoms with E-state index < -0.39 is 10.0 Å². The van der Waals surface area contributed by atoms with Gasteiger partial charge in [0.15, 0.2) is 5.82 Å². The summed E-state index contributed by atoms with van der Waals surface area (Å²) < 4.78 is 33.5. The van der Waals surface area contributed by atoms with Gasteiger partial charge >= 0.3 is 0 Å². The van der Waals surface area contributed by atoms with E-state index in [9.17, 15) is 8.42 Å². The first-order chi connectivity index (χ1) is 11.9. The van der Waals surface area contributed by atoms with Crippen LogP contribution in [-0.4, -0.2) is 18.6 Å². The van der Waals surface area contributed by atoms with Crippen LogP contribution in [0.1, 0.15) is 35.7 Å². The number of hydrogen-bond donors (Lipinski definition) is 1. The molecule has 2 heterocycles. The van der Waals surface area contributed by atoms with Crippen molar-refractivity contribution < 1.29 is 12.9 Å². The summed E-state index contributed by atoms with van der Waals surface area (Å²) in [6, 6.07) is 6.97. The molecule has 0 bridgehead atoms. The first-order valence-corrected chi connectivity index (χ1v) is 10.3. The first kappa shape index (κ1) is 16.3. The highest BCUT2D eigenvalue weighted by Crippen LogP contribution is 2.40. The molecule has 0 radical (unpaired) electrons. The van der Waals surface area contributed by atoms with Crippen LogP contribution in [0.3, 0.4) is 0 Å². The highest BCUT2D eigenvalue weighted by molar-refractivity contribution is 7.92. The van der Waals surface area contributed by atoms with Crippen LogP contribution < -0.4 is 4.72 Å². The highest BCUT2D eigenvalue weighted by atomic mass is 32.2. The molecule has 2 aromatic heterocycles. The fraction of sp³-hybridized carbons (Fsp3) is 0.294. The Morgan fingerprint density at radius 3 is 2.76 bits per heavy atom. The van der Waals surface area contributed by atoms with Crippen molar-refractivity contribution in [1.29, 1.82) is 0 Å². The molecule has 0 spiro atoms. The van der Waals surface area contributed by atoms with E-state index >= 15 is 0 Å². The Bertz CT molecular complexity index is 1030. The third-order valence-electron chi connectivity index (χ3n) is 4.11. The molecule has 0 aliphatic heterocycles. The van der Waals surface area contributed by atoms with Crippen molar-refractivity contribution in [3.8, 4) is 10.8 Å². The van der Waals surface area contributed by atoms with Gasteiger partial charge in [-0.2, -0.15) is 4.98 Å². The van der Waals surface area contributed by atoms with Gasteiger partial charge in [0.2, 0.25) is 0 Å². The summed E-state index contributed by atoms with van der Waals surface area (Å²) in [5.74, 6) is 1.44. The summed E-state index contributed by atoms with van der Waals surface area (Å²) in [6.07, 6.45) is 2.16. The summed E-state index contributed by atoms with van der Waals surface area (Å²) in [7, 11) is -3.69. The Balaban J connectivity index is 1.65. The molecule has 6 nitrogen and oxygen atoms in total. The average Bonchev–Trinajstić information content (AvgIpc) is 3.10. The van der Waals surface area contributed by atoms with E-state index in [1.54, 1.807) is 30.5 Å². The highest BCUT2D eigenvalue weighted by Gasteiger charge is 2.30. The van der Waals surface area contributed by atoms with Gasteiger partial charge in [0.05, 0.1) is 10.6 Å². The van der Waals surface area contributed by atoms with Crippen LogP contribution in [0.15, 0.2) is 39.1 Å². The second kappa shape index (κ2) is 5.96. The van der Waals surface area contributed by atoms with Crippen molar-refractivity contribution in [3.05, 3.63) is 46.6 Å². The standard InChI is InChI=1S/C17H17N3O3S2/c1-10-3-6-14(11(2)9-10)25(21,22)20-13-7-8-24-15(13)17-18-16(19-23-17)12-4-5-12/h3,6-9,12,20H,4-5H2,1-2H3. The first-order valence-electron chi connectivity index (χ1n) is 7.95. The number of rotatable bonds is 5. The van der Waals surface area contributed by atoms with E-state index in [0.29, 0.717) is 33.8 Å². The van der Waals surface area contributed by atoms with E-state index in [1.165, 1.54) is 11.3 Å². The number of thiophene rings is 1. The molecule has 1 aliphatic rings. The minimum Gasteiger partial charge on any atom is -0.333 e. The lowest BCUT2D eigenvalue weighted by atomic mass is 10.2. The summed E-state index contributed by atoms with van der Waals surface area (Å²) in [5, 5.41) is 5.80. The normalized spacial score (nSPS) is 14.6. The zero-order valence-corrected chi connectivity index (χ0v) is 15.4. The minimum absolute atomic E-state index is 0.263. The number of benzene rings is 1. The molecule has 1 fully saturated rings. The smallest absolute Gasteiger partial charge is 0.270 e. The quantitative estimate of drug-likeness (QED) is 0.726. The molecule has 8 heteroatoms. The molecular weight excluding hydrogens is 358 g/mol. The van der Waals surface area contributed by atoms with Crippen LogP contribution in [0.4, 0.5) is 5.69 Å². The maximum absolute atomic E-state index is 12.8. The Labute approximate surface area is 150 Å². The van der Waals surface area contributed by atoms with Crippen LogP contribution >= 0.6 is 11.3 Å². The van der Waals surface area contributed by atoms with Crippen molar-refractivity contribution in [1.82, 2.24) is 10.1 Å². The lowest BCUT2D eigenvalue weighted by Gasteiger charge is -2.10. The number of aromatic nitrogens is 2. The van der Waals surface area contributed by atoms with E-state index in [1.807, 2.05) is 13.0 Å². The fourth-order valence-corrected chi connectivity index (χ4v) is 4.82. The van der Waals surface area contributed by atoms with Crippen LogP contribution in [0.5, 0.6) is 0 Å². The van der Waals surface area contributed by atoms with Gasteiger partial charge in [-0.3, -0.25) is 4.72 Å². The number of aryl methyl sites for hydroxylation is 2. The van der Waals surface area contributed by atoms with Crippen molar-refractivity contribution >= 4 is 27.0 Å². The predicted octanol–water partition coefficient (Wildman–Crippen LogP) is 4.09. The van der Waals surface area contributed by atoms with E-state index in [2.05, 4.69) is 14.9 Å². The van der Waals surface area contributed by atoms with Gasteiger partial charge in [-0.25, -0.2) is 8.42 Å². The second-order valence-electron chi connectivity index (χ2n) is 6.27. The average molecular weight is 375 g/mol. The lowest BCUT2D eigenvalue weighted by molar-refractivity contribution is 0.423. The molecular formula is C17H17N3O3S2. The molecule has 0 amide bonds. The van der Waals surface area contributed by atoms with Gasteiger partial charge in [-0.1, -0.05) is 22.9 Å². The summed E-state index contributed by atoms with van der Waals surface area (Å²) in [6.45, 7) is 3.72. The molecule has 3 aromatic rings. The molecule has 0 unspecified atom stereocenters. The maximum Gasteiger partial charge on any atom is 0.270 e. The summed E-state index contributed by atoms with van der Waals surface area (Å²) >= 11 is 1.37. The molecule has 130 valence electrons. The molecule has 0 atom stereocenters. The van der Waals surface area contributed by atoms with Gasteiger partial charge in [0.1, 0.15) is 4.88 Å². The second-order valence-corrected chi connectivity index (χ2v) is 8.84. The van der Waals surface area contributed by atoms with Crippen molar-refractivity contribution in [2.24, 2.45) is 0 Å². The molecule has 4 rings (SSSR count). The molecule has 1 N–H and O–H groups in total. The maximum atomic E-state index is 12.8. The summed E-state index contributed by atoms with van der Waals surface area (Å²) in [5.41, 5.74) is 2.18. The van der Waals surface area contributed by atoms with Gasteiger partial charge in [-0.05, 0) is 49.8 Å². The van der Waals surface area contributed by atoms with E-state index in [4.69, 9.17) is 4.52 Å². The topological polar surface area (TPSA) is 85.1 Å². The van der Waals surface area contributed by atoms with Gasteiger partial charge in [0.25, 0.3) is 15.9 Å². The number of hydrogen-bond acceptors (Lipinski definition) is 6. The molecule has 1 saturated carbocycles. The Morgan fingerprint density at radius 2 is 2.04 bits per heavy atom. The molecule has 25 heavy (non-hydrogen) atoms. The van der Waals surface area contributed by atoms with Gasteiger partial charge < -0.3 is 4.52 Å². The predicted molar refractivity (Wildman–Crippen MR) is 96.3 cm³/mol. The van der Waals surface area contributed by atoms with E-state index in [0.717, 1.165) is 18.4 Å². The van der Waals surface area contributed by atoms with Crippen LogP contribution in [0, 0.1) is 13.8 Å². The number of sulfonamides is 1. The number of nitrogens with zero attached hydrogens (tertiary/aromatic N) is 2. The lowest BCUT2D eigenvalue weighted by Crippen LogP contribution is -2.14. The van der Waals surface area contributed by atoms with Crippen LogP contribution in [0.25, 0.3) is 10.8 Å². The van der Waals surface area contributed by atoms with Crippen LogP contribution in [-0.2, 0) is 10.0 Å². The number of anilines is 1. The van der Waals surface area contributed by atoms with E-state index in [-0.39, 0.29) is 4.90 Å². The number of nitrogens with one attached hydrogen (secondary N) is 1. The monoisotopic (exact) mass is 375 g/mol. The Hall–Kier alpha value is -2.19. The molecule has 1 aliphatic carbocycles. The fourth-order valence-electron chi connectivity index (χ4n) is 2.69. The summed E-state index contributed by atoms with van der Waals surface area (Å²) in [4.78, 5) is 5.30. The Morgan fingerprint density at radius 1 is 1.24 bits per heavy atom. The van der Waals surface area contributed by atoms with Crippen molar-refractivity contribution in [2.45, 2.75) is 37.5 Å². The third kappa shape index (κ3) is 3.19. The largest absolute Gasteiger partial charge is 0.333 e. The zero-order chi connectivity index (χ0) is 17.6. The SMILES string of the molecule is Cc1ccc(S(=O)(=O)Nc2ccsc2-c2nc(C3CC3)no2)c(C)c1. The van der Waals surface area contributed by atoms with Crippen molar-refractivity contribution in [2.75, 3.05) is 4.72 Å². The molecule has 1 aromatic carbocycles. The van der Waals surface area contributed by atoms with Crippen LogP contribution in [0.2, 0.25) is 0 Å². The van der Waals surface area contributed by atoms with Gasteiger partial charge in [0, 0.05) is 5.92 Å². The zero-order valence-electron chi connectivity index (χ0n) is 13.8.